The van der Waals surface area contributed by atoms with Crippen molar-refractivity contribution < 1.29 is 0 Å². The van der Waals surface area contributed by atoms with Crippen LogP contribution in [0, 0.1) is 12.3 Å². The van der Waals surface area contributed by atoms with Crippen molar-refractivity contribution in [1.82, 2.24) is 5.43 Å². The molecule has 0 bridgehead atoms. The van der Waals surface area contributed by atoms with Crippen molar-refractivity contribution in [3.63, 3.8) is 0 Å². The standard InChI is InChI=1S/C9H12N2S/c1-3-7-5-6-12-9(7)8(4-2)11-10/h2,5-6,8,11H,3,10H2,1H3. The first kappa shape index (κ1) is 9.27. The van der Waals surface area contributed by atoms with Crippen molar-refractivity contribution in [3.05, 3.63) is 21.9 Å². The van der Waals surface area contributed by atoms with Crippen LogP contribution in [0.5, 0.6) is 0 Å². The number of hydrogen-bond acceptors (Lipinski definition) is 3. The van der Waals surface area contributed by atoms with E-state index in [-0.39, 0.29) is 6.04 Å². The lowest BCUT2D eigenvalue weighted by atomic mass is 10.1. The van der Waals surface area contributed by atoms with Crippen LogP contribution >= 0.6 is 11.3 Å². The topological polar surface area (TPSA) is 38.0 Å². The van der Waals surface area contributed by atoms with E-state index in [2.05, 4.69) is 24.3 Å². The summed E-state index contributed by atoms with van der Waals surface area (Å²) in [5.41, 5.74) is 3.88. The Morgan fingerprint density at radius 2 is 2.58 bits per heavy atom. The third-order valence-corrected chi connectivity index (χ3v) is 2.78. The largest absolute Gasteiger partial charge is 0.270 e. The first-order valence-electron chi connectivity index (χ1n) is 3.82. The zero-order valence-electron chi connectivity index (χ0n) is 7.00. The molecule has 1 aromatic heterocycles. The van der Waals surface area contributed by atoms with E-state index in [0.717, 1.165) is 11.3 Å². The fourth-order valence-corrected chi connectivity index (χ4v) is 2.11. The molecule has 0 fully saturated rings. The van der Waals surface area contributed by atoms with E-state index < -0.39 is 0 Å². The van der Waals surface area contributed by atoms with Gasteiger partial charge in [0.1, 0.15) is 6.04 Å². The highest BCUT2D eigenvalue weighted by atomic mass is 32.1. The molecule has 2 nitrogen and oxygen atoms in total. The van der Waals surface area contributed by atoms with Crippen molar-refractivity contribution in [2.24, 2.45) is 5.84 Å². The van der Waals surface area contributed by atoms with Crippen LogP contribution in [0.2, 0.25) is 0 Å². The van der Waals surface area contributed by atoms with Crippen molar-refractivity contribution >= 4 is 11.3 Å². The van der Waals surface area contributed by atoms with Crippen LogP contribution in [-0.4, -0.2) is 0 Å². The fraction of sp³-hybridized carbons (Fsp3) is 0.333. The SMILES string of the molecule is C#CC(NN)c1sccc1CC. The summed E-state index contributed by atoms with van der Waals surface area (Å²) in [7, 11) is 0. The van der Waals surface area contributed by atoms with Crippen LogP contribution in [0.1, 0.15) is 23.4 Å². The lowest BCUT2D eigenvalue weighted by Crippen LogP contribution is -2.26. The highest BCUT2D eigenvalue weighted by molar-refractivity contribution is 7.10. The Kier molecular flexibility index (Phi) is 3.30. The number of aryl methyl sites for hydroxylation is 1. The molecule has 0 amide bonds. The summed E-state index contributed by atoms with van der Waals surface area (Å²) in [6.45, 7) is 2.11. The van der Waals surface area contributed by atoms with Gasteiger partial charge in [0, 0.05) is 4.88 Å². The molecule has 1 heterocycles. The van der Waals surface area contributed by atoms with Gasteiger partial charge in [0.05, 0.1) is 0 Å². The molecule has 0 aromatic carbocycles. The summed E-state index contributed by atoms with van der Waals surface area (Å²) in [5.74, 6) is 7.92. The molecule has 3 N–H and O–H groups in total. The first-order chi connectivity index (χ1) is 5.83. The predicted octanol–water partition coefficient (Wildman–Crippen LogP) is 1.45. The molecule has 1 aromatic rings. The molecule has 1 unspecified atom stereocenters. The lowest BCUT2D eigenvalue weighted by molar-refractivity contribution is 0.678. The second-order valence-corrected chi connectivity index (χ2v) is 3.38. The quantitative estimate of drug-likeness (QED) is 0.420. The van der Waals surface area contributed by atoms with E-state index in [9.17, 15) is 0 Å². The molecule has 0 aliphatic heterocycles. The van der Waals surface area contributed by atoms with Crippen LogP contribution in [0.3, 0.4) is 0 Å². The molecule has 3 heteroatoms. The van der Waals surface area contributed by atoms with Crippen LogP contribution in [-0.2, 0) is 6.42 Å². The molecule has 64 valence electrons. The Morgan fingerprint density at radius 1 is 1.83 bits per heavy atom. The Labute approximate surface area is 76.8 Å². The minimum Gasteiger partial charge on any atom is -0.270 e. The summed E-state index contributed by atoms with van der Waals surface area (Å²) in [5, 5.41) is 2.04. The highest BCUT2D eigenvalue weighted by Gasteiger charge is 2.10. The van der Waals surface area contributed by atoms with Gasteiger partial charge in [0.2, 0.25) is 0 Å². The summed E-state index contributed by atoms with van der Waals surface area (Å²) < 4.78 is 0. The smallest absolute Gasteiger partial charge is 0.116 e. The summed E-state index contributed by atoms with van der Waals surface area (Å²) >= 11 is 1.65. The maximum absolute atomic E-state index is 5.31. The van der Waals surface area contributed by atoms with Gasteiger partial charge in [-0.15, -0.1) is 17.8 Å². The number of nitrogens with two attached hydrogens (primary N) is 1. The number of terminal acetylenes is 1. The number of rotatable bonds is 3. The third kappa shape index (κ3) is 1.67. The Hall–Kier alpha value is -0.820. The van der Waals surface area contributed by atoms with E-state index in [4.69, 9.17) is 12.3 Å². The number of hydrazine groups is 1. The molecule has 0 spiro atoms. The molecule has 0 saturated heterocycles. The summed E-state index contributed by atoms with van der Waals surface area (Å²) in [6.07, 6.45) is 6.31. The van der Waals surface area contributed by atoms with E-state index in [1.807, 2.05) is 5.38 Å². The highest BCUT2D eigenvalue weighted by Crippen LogP contribution is 2.23. The summed E-state index contributed by atoms with van der Waals surface area (Å²) in [4.78, 5) is 1.16. The number of thiophene rings is 1. The zero-order chi connectivity index (χ0) is 8.97. The lowest BCUT2D eigenvalue weighted by Gasteiger charge is -2.08. The molecule has 1 rings (SSSR count). The van der Waals surface area contributed by atoms with E-state index in [0.29, 0.717) is 0 Å². The van der Waals surface area contributed by atoms with Gasteiger partial charge in [0.15, 0.2) is 0 Å². The van der Waals surface area contributed by atoms with Gasteiger partial charge in [-0.25, -0.2) is 5.43 Å². The third-order valence-electron chi connectivity index (χ3n) is 1.76. The minimum atomic E-state index is -0.139. The molecule has 0 saturated carbocycles. The monoisotopic (exact) mass is 180 g/mol. The molecule has 0 radical (unpaired) electrons. The molecular formula is C9H12N2S. The van der Waals surface area contributed by atoms with Gasteiger partial charge in [-0.1, -0.05) is 12.8 Å². The Bertz CT molecular complexity index is 285. The van der Waals surface area contributed by atoms with Gasteiger partial charge >= 0.3 is 0 Å². The van der Waals surface area contributed by atoms with E-state index in [1.54, 1.807) is 11.3 Å². The van der Waals surface area contributed by atoms with Gasteiger partial charge in [-0.3, -0.25) is 5.84 Å². The van der Waals surface area contributed by atoms with Crippen molar-refractivity contribution in [2.45, 2.75) is 19.4 Å². The number of hydrogen-bond donors (Lipinski definition) is 2. The van der Waals surface area contributed by atoms with Crippen LogP contribution in [0.25, 0.3) is 0 Å². The van der Waals surface area contributed by atoms with Crippen LogP contribution < -0.4 is 11.3 Å². The van der Waals surface area contributed by atoms with Gasteiger partial charge < -0.3 is 0 Å². The van der Waals surface area contributed by atoms with Gasteiger partial charge in [-0.2, -0.15) is 0 Å². The molecule has 1 atom stereocenters. The van der Waals surface area contributed by atoms with Gasteiger partial charge in [0.25, 0.3) is 0 Å². The van der Waals surface area contributed by atoms with Crippen molar-refractivity contribution in [3.8, 4) is 12.3 Å². The summed E-state index contributed by atoms with van der Waals surface area (Å²) in [6, 6.07) is 1.95. The maximum Gasteiger partial charge on any atom is 0.116 e. The Balaban J connectivity index is 2.93. The van der Waals surface area contributed by atoms with E-state index >= 15 is 0 Å². The zero-order valence-corrected chi connectivity index (χ0v) is 7.82. The average molecular weight is 180 g/mol. The maximum atomic E-state index is 5.31. The van der Waals surface area contributed by atoms with Crippen LogP contribution in [0.15, 0.2) is 11.4 Å². The number of nitrogens with one attached hydrogen (secondary N) is 1. The normalized spacial score (nSPS) is 12.4. The second kappa shape index (κ2) is 4.27. The first-order valence-corrected chi connectivity index (χ1v) is 4.70. The predicted molar refractivity (Wildman–Crippen MR) is 52.6 cm³/mol. The van der Waals surface area contributed by atoms with Gasteiger partial charge in [-0.05, 0) is 23.4 Å². The van der Waals surface area contributed by atoms with Crippen LogP contribution in [0.4, 0.5) is 0 Å². The molecule has 12 heavy (non-hydrogen) atoms. The van der Waals surface area contributed by atoms with Crippen molar-refractivity contribution in [2.75, 3.05) is 0 Å². The fourth-order valence-electron chi connectivity index (χ4n) is 1.09. The average Bonchev–Trinajstić information content (AvgIpc) is 2.55. The minimum absolute atomic E-state index is 0.139. The second-order valence-electron chi connectivity index (χ2n) is 2.43. The Morgan fingerprint density at radius 3 is 3.08 bits per heavy atom. The molecular weight excluding hydrogens is 168 g/mol. The van der Waals surface area contributed by atoms with Crippen molar-refractivity contribution in [1.29, 1.82) is 0 Å². The molecule has 0 aliphatic carbocycles. The van der Waals surface area contributed by atoms with E-state index in [1.165, 1.54) is 5.56 Å². The molecule has 0 aliphatic rings.